The third-order valence-corrected chi connectivity index (χ3v) is 5.73. The molecule has 1 heterocycles. The quantitative estimate of drug-likeness (QED) is 0.452. The smallest absolute Gasteiger partial charge is 0.416 e. The van der Waals surface area contributed by atoms with Crippen LogP contribution in [0, 0.1) is 11.3 Å². The SMILES string of the molecule is CCC(=O)C(C#N)(Oc1cc(Oc2ccc(C(F)(F)F)cc2Cl)ccc1Cl)C(=O)N1CCOCC1. The molecule has 0 radical (unpaired) electrons. The van der Waals surface area contributed by atoms with Gasteiger partial charge in [0.25, 0.3) is 5.91 Å². The van der Waals surface area contributed by atoms with Crippen molar-refractivity contribution in [3.8, 4) is 23.3 Å². The lowest BCUT2D eigenvalue weighted by molar-refractivity contribution is -0.154. The van der Waals surface area contributed by atoms with Crippen molar-refractivity contribution in [3.05, 3.63) is 52.0 Å². The van der Waals surface area contributed by atoms with Gasteiger partial charge >= 0.3 is 11.8 Å². The van der Waals surface area contributed by atoms with E-state index < -0.39 is 29.0 Å². The monoisotopic (exact) mass is 530 g/mol. The number of hydrogen-bond donors (Lipinski definition) is 0. The van der Waals surface area contributed by atoms with Crippen LogP contribution in [0.2, 0.25) is 10.0 Å². The fourth-order valence-corrected chi connectivity index (χ4v) is 3.64. The lowest BCUT2D eigenvalue weighted by Gasteiger charge is -2.33. The number of rotatable bonds is 7. The molecule has 0 saturated carbocycles. The molecule has 1 atom stereocenters. The highest BCUT2D eigenvalue weighted by molar-refractivity contribution is 6.32. The van der Waals surface area contributed by atoms with Crippen LogP contribution in [0.15, 0.2) is 36.4 Å². The van der Waals surface area contributed by atoms with Crippen molar-refractivity contribution < 1.29 is 37.0 Å². The average Bonchev–Trinajstić information content (AvgIpc) is 2.84. The largest absolute Gasteiger partial charge is 0.456 e. The van der Waals surface area contributed by atoms with E-state index >= 15 is 0 Å². The third-order valence-electron chi connectivity index (χ3n) is 5.12. The summed E-state index contributed by atoms with van der Waals surface area (Å²) in [5, 5.41) is 9.57. The second-order valence-corrected chi connectivity index (χ2v) is 8.23. The first-order valence-electron chi connectivity index (χ1n) is 10.4. The number of carbonyl (C=O) groups is 2. The Labute approximate surface area is 208 Å². The number of Topliss-reactive ketones (excluding diaryl/α,β-unsaturated/α-hetero) is 1. The average molecular weight is 531 g/mol. The second-order valence-electron chi connectivity index (χ2n) is 7.41. The van der Waals surface area contributed by atoms with Gasteiger partial charge in [0.1, 0.15) is 23.3 Å². The van der Waals surface area contributed by atoms with Crippen LogP contribution in [0.3, 0.4) is 0 Å². The number of amides is 1. The molecule has 1 aliphatic rings. The Hall–Kier alpha value is -3.00. The van der Waals surface area contributed by atoms with Crippen LogP contribution in [0.4, 0.5) is 13.2 Å². The molecule has 0 bridgehead atoms. The van der Waals surface area contributed by atoms with Gasteiger partial charge in [-0.2, -0.15) is 18.4 Å². The van der Waals surface area contributed by atoms with E-state index in [0.717, 1.165) is 12.1 Å². The number of benzene rings is 2. The van der Waals surface area contributed by atoms with Crippen LogP contribution in [0.1, 0.15) is 18.9 Å². The van der Waals surface area contributed by atoms with E-state index in [-0.39, 0.29) is 60.0 Å². The molecule has 0 aliphatic carbocycles. The lowest BCUT2D eigenvalue weighted by atomic mass is 9.95. The normalized spacial score (nSPS) is 15.6. The van der Waals surface area contributed by atoms with E-state index in [1.54, 1.807) is 6.07 Å². The Morgan fingerprint density at radius 2 is 1.77 bits per heavy atom. The number of morpholine rings is 1. The number of hydrogen-bond acceptors (Lipinski definition) is 6. The summed E-state index contributed by atoms with van der Waals surface area (Å²) in [5.74, 6) is -1.89. The summed E-state index contributed by atoms with van der Waals surface area (Å²) in [4.78, 5) is 27.3. The molecule has 1 fully saturated rings. The first kappa shape index (κ1) is 26.6. The zero-order valence-corrected chi connectivity index (χ0v) is 19.8. The number of nitrogens with zero attached hydrogens (tertiary/aromatic N) is 2. The second kappa shape index (κ2) is 10.7. The molecule has 1 aliphatic heterocycles. The summed E-state index contributed by atoms with van der Waals surface area (Å²) in [6, 6.07) is 8.17. The van der Waals surface area contributed by atoms with Crippen molar-refractivity contribution in [2.75, 3.05) is 26.3 Å². The molecule has 1 unspecified atom stereocenters. The van der Waals surface area contributed by atoms with E-state index in [4.69, 9.17) is 37.4 Å². The van der Waals surface area contributed by atoms with Crippen molar-refractivity contribution in [1.29, 1.82) is 5.26 Å². The van der Waals surface area contributed by atoms with Crippen LogP contribution in [-0.4, -0.2) is 48.5 Å². The van der Waals surface area contributed by atoms with E-state index in [0.29, 0.717) is 6.07 Å². The van der Waals surface area contributed by atoms with Crippen LogP contribution in [0.5, 0.6) is 17.2 Å². The van der Waals surface area contributed by atoms with Gasteiger partial charge in [-0.1, -0.05) is 30.1 Å². The van der Waals surface area contributed by atoms with Gasteiger partial charge in [0.15, 0.2) is 0 Å². The van der Waals surface area contributed by atoms with Gasteiger partial charge in [0.2, 0.25) is 5.78 Å². The van der Waals surface area contributed by atoms with E-state index in [9.17, 15) is 28.0 Å². The highest BCUT2D eigenvalue weighted by Gasteiger charge is 2.51. The predicted molar refractivity (Wildman–Crippen MR) is 120 cm³/mol. The molecule has 1 saturated heterocycles. The van der Waals surface area contributed by atoms with E-state index in [1.807, 2.05) is 0 Å². The summed E-state index contributed by atoms with van der Waals surface area (Å²) in [5.41, 5.74) is -3.45. The van der Waals surface area contributed by atoms with Crippen molar-refractivity contribution in [2.24, 2.45) is 0 Å². The number of ether oxygens (including phenoxy) is 3. The van der Waals surface area contributed by atoms with Crippen LogP contribution in [0.25, 0.3) is 0 Å². The Balaban J connectivity index is 1.93. The van der Waals surface area contributed by atoms with Crippen molar-refractivity contribution in [2.45, 2.75) is 25.1 Å². The summed E-state index contributed by atoms with van der Waals surface area (Å²) in [7, 11) is 0. The molecule has 186 valence electrons. The molecule has 3 rings (SSSR count). The predicted octanol–water partition coefficient (Wildman–Crippen LogP) is 5.28. The molecule has 1 amide bonds. The van der Waals surface area contributed by atoms with E-state index in [2.05, 4.69) is 0 Å². The number of nitriles is 1. The Bertz CT molecular complexity index is 1160. The van der Waals surface area contributed by atoms with Gasteiger partial charge in [0.05, 0.1) is 28.8 Å². The molecule has 0 spiro atoms. The first-order chi connectivity index (χ1) is 16.5. The number of carbonyl (C=O) groups excluding carboxylic acids is 2. The molecule has 7 nitrogen and oxygen atoms in total. The van der Waals surface area contributed by atoms with Gasteiger partial charge < -0.3 is 19.1 Å². The van der Waals surface area contributed by atoms with Crippen molar-refractivity contribution in [3.63, 3.8) is 0 Å². The minimum Gasteiger partial charge on any atom is -0.456 e. The molecular formula is C23H19Cl2F3N2O5. The Kier molecular flexibility index (Phi) is 8.15. The number of ketones is 1. The first-order valence-corrected chi connectivity index (χ1v) is 11.1. The van der Waals surface area contributed by atoms with Crippen molar-refractivity contribution >= 4 is 34.9 Å². The molecule has 12 heteroatoms. The highest BCUT2D eigenvalue weighted by atomic mass is 35.5. The third kappa shape index (κ3) is 5.81. The van der Waals surface area contributed by atoms with Gasteiger partial charge in [-0.3, -0.25) is 9.59 Å². The molecule has 2 aromatic rings. The maximum Gasteiger partial charge on any atom is 0.416 e. The zero-order chi connectivity index (χ0) is 25.8. The van der Waals surface area contributed by atoms with Crippen LogP contribution >= 0.6 is 23.2 Å². The molecule has 0 N–H and O–H groups in total. The summed E-state index contributed by atoms with van der Waals surface area (Å²) in [6.07, 6.45) is -4.75. The highest BCUT2D eigenvalue weighted by Crippen LogP contribution is 2.39. The van der Waals surface area contributed by atoms with E-state index in [1.165, 1.54) is 30.0 Å². The zero-order valence-electron chi connectivity index (χ0n) is 18.3. The number of alkyl halides is 3. The molecular weight excluding hydrogens is 512 g/mol. The van der Waals surface area contributed by atoms with Gasteiger partial charge in [-0.25, -0.2) is 0 Å². The van der Waals surface area contributed by atoms with Gasteiger partial charge in [0, 0.05) is 25.6 Å². The fraction of sp³-hybridized carbons (Fsp3) is 0.348. The van der Waals surface area contributed by atoms with Crippen molar-refractivity contribution in [1.82, 2.24) is 4.90 Å². The fourth-order valence-electron chi connectivity index (χ4n) is 3.27. The van der Waals surface area contributed by atoms with Crippen LogP contribution < -0.4 is 9.47 Å². The summed E-state index contributed by atoms with van der Waals surface area (Å²) < 4.78 is 55.1. The summed E-state index contributed by atoms with van der Waals surface area (Å²) in [6.45, 7) is 2.31. The maximum atomic E-state index is 13.2. The minimum atomic E-state index is -4.58. The van der Waals surface area contributed by atoms with Crippen LogP contribution in [-0.2, 0) is 20.5 Å². The van der Waals surface area contributed by atoms with Gasteiger partial charge in [-0.05, 0) is 30.3 Å². The molecule has 0 aromatic heterocycles. The lowest BCUT2D eigenvalue weighted by Crippen LogP contribution is -2.59. The minimum absolute atomic E-state index is 0.0284. The maximum absolute atomic E-state index is 13.2. The van der Waals surface area contributed by atoms with Gasteiger partial charge in [-0.15, -0.1) is 0 Å². The molecule has 35 heavy (non-hydrogen) atoms. The number of halogens is 5. The standard InChI is InChI=1S/C23H19Cl2F3N2O5/c1-2-20(31)22(13-29,21(32)30-7-9-33-10-8-30)35-19-12-15(4-5-16(19)24)34-18-6-3-14(11-17(18)25)23(26,27)28/h3-6,11-12H,2,7-10H2,1H3. The Morgan fingerprint density at radius 1 is 1.09 bits per heavy atom. The summed E-state index contributed by atoms with van der Waals surface area (Å²) >= 11 is 12.1. The topological polar surface area (TPSA) is 88.9 Å². The Morgan fingerprint density at radius 3 is 2.34 bits per heavy atom. The molecule has 2 aromatic carbocycles.